The number of methoxy groups -OCH3 is 1. The molecule has 1 aromatic carbocycles. The number of carbonyl (C=O) groups excluding carboxylic acids is 2. The molecule has 29 heavy (non-hydrogen) atoms. The van der Waals surface area contributed by atoms with Crippen molar-refractivity contribution in [3.63, 3.8) is 0 Å². The molecule has 0 spiro atoms. The number of sulfonamides is 1. The Morgan fingerprint density at radius 3 is 2.34 bits per heavy atom. The second-order valence-electron chi connectivity index (χ2n) is 7.47. The Morgan fingerprint density at radius 2 is 1.72 bits per heavy atom. The van der Waals surface area contributed by atoms with Gasteiger partial charge in [-0.15, -0.1) is 0 Å². The van der Waals surface area contributed by atoms with E-state index in [9.17, 15) is 18.0 Å². The summed E-state index contributed by atoms with van der Waals surface area (Å²) in [7, 11) is -0.424. The van der Waals surface area contributed by atoms with Crippen molar-refractivity contribution in [3.05, 3.63) is 24.3 Å². The number of hydrogen-bond donors (Lipinski definition) is 1. The predicted molar refractivity (Wildman–Crippen MR) is 108 cm³/mol. The van der Waals surface area contributed by atoms with Crippen LogP contribution in [0, 0.1) is 5.92 Å². The quantitative estimate of drug-likeness (QED) is 0.775. The van der Waals surface area contributed by atoms with E-state index in [1.165, 1.54) is 35.7 Å². The van der Waals surface area contributed by atoms with Gasteiger partial charge in [0.15, 0.2) is 0 Å². The molecular formula is C19H28N4O5S. The number of carbonyl (C=O) groups is 2. The topological polar surface area (TPSA) is 99.3 Å². The third-order valence-corrected chi connectivity index (χ3v) is 7.35. The molecule has 0 saturated carbocycles. The van der Waals surface area contributed by atoms with Crippen molar-refractivity contribution in [3.8, 4) is 0 Å². The summed E-state index contributed by atoms with van der Waals surface area (Å²) in [6.45, 7) is 3.66. The maximum atomic E-state index is 13.0. The summed E-state index contributed by atoms with van der Waals surface area (Å²) in [6, 6.07) is 5.93. The number of ether oxygens (including phenoxy) is 1. The van der Waals surface area contributed by atoms with Gasteiger partial charge in [-0.1, -0.05) is 0 Å². The first-order valence-electron chi connectivity index (χ1n) is 9.74. The fourth-order valence-corrected chi connectivity index (χ4v) is 5.20. The van der Waals surface area contributed by atoms with Gasteiger partial charge in [0.1, 0.15) is 0 Å². The first-order valence-corrected chi connectivity index (χ1v) is 11.2. The van der Waals surface area contributed by atoms with Crippen molar-refractivity contribution < 1.29 is 22.7 Å². The number of nitrogens with zero attached hydrogens (tertiary/aromatic N) is 3. The molecule has 3 rings (SSSR count). The highest BCUT2D eigenvalue weighted by atomic mass is 32.2. The lowest BCUT2D eigenvalue weighted by atomic mass is 9.98. The third kappa shape index (κ3) is 5.06. The number of nitrogens with one attached hydrogen (secondary N) is 1. The molecule has 1 N–H and O–H groups in total. The van der Waals surface area contributed by atoms with Gasteiger partial charge in [-0.2, -0.15) is 4.31 Å². The Bertz CT molecular complexity index is 835. The van der Waals surface area contributed by atoms with Crippen molar-refractivity contribution in [2.24, 2.45) is 5.92 Å². The molecule has 2 amide bonds. The number of amides is 2. The standard InChI is InChI=1S/C19H28N4O5S/c1-21-10-12-22(13-11-21)18(24)15-4-3-9-23(14-15)29(26,27)17-7-5-16(6-8-17)20-19(25)28-2/h5-8,15H,3-4,9-14H2,1-2H3,(H,20,25). The minimum absolute atomic E-state index is 0.0515. The van der Waals surface area contributed by atoms with E-state index in [0.29, 0.717) is 38.2 Å². The van der Waals surface area contributed by atoms with Crippen molar-refractivity contribution >= 4 is 27.7 Å². The van der Waals surface area contributed by atoms with Gasteiger partial charge in [0.25, 0.3) is 0 Å². The molecule has 160 valence electrons. The Kier molecular flexibility index (Phi) is 6.76. The van der Waals surface area contributed by atoms with Crippen LogP contribution in [0.1, 0.15) is 12.8 Å². The summed E-state index contributed by atoms with van der Waals surface area (Å²) in [5, 5.41) is 2.49. The van der Waals surface area contributed by atoms with E-state index in [1.54, 1.807) is 0 Å². The number of piperidine rings is 1. The largest absolute Gasteiger partial charge is 0.453 e. The van der Waals surface area contributed by atoms with E-state index in [0.717, 1.165) is 13.1 Å². The van der Waals surface area contributed by atoms with Crippen LogP contribution in [0.3, 0.4) is 0 Å². The molecule has 2 aliphatic heterocycles. The van der Waals surface area contributed by atoms with Gasteiger partial charge in [0.05, 0.1) is 17.9 Å². The highest BCUT2D eigenvalue weighted by Gasteiger charge is 2.35. The fourth-order valence-electron chi connectivity index (χ4n) is 3.68. The maximum Gasteiger partial charge on any atom is 0.411 e. The molecule has 1 aromatic rings. The van der Waals surface area contributed by atoms with Gasteiger partial charge in [0, 0.05) is 45.0 Å². The van der Waals surface area contributed by atoms with E-state index in [-0.39, 0.29) is 23.3 Å². The Balaban J connectivity index is 1.67. The first kappa shape index (κ1) is 21.5. The summed E-state index contributed by atoms with van der Waals surface area (Å²) in [4.78, 5) is 28.3. The van der Waals surface area contributed by atoms with Crippen molar-refractivity contribution in [2.75, 3.05) is 58.7 Å². The van der Waals surface area contributed by atoms with Gasteiger partial charge in [-0.05, 0) is 44.2 Å². The number of benzene rings is 1. The first-order chi connectivity index (χ1) is 13.8. The van der Waals surface area contributed by atoms with E-state index in [4.69, 9.17) is 0 Å². The van der Waals surface area contributed by atoms with Crippen molar-refractivity contribution in [1.82, 2.24) is 14.1 Å². The highest BCUT2D eigenvalue weighted by molar-refractivity contribution is 7.89. The molecule has 10 heteroatoms. The molecule has 1 atom stereocenters. The van der Waals surface area contributed by atoms with Crippen LogP contribution >= 0.6 is 0 Å². The molecule has 0 radical (unpaired) electrons. The molecule has 1 unspecified atom stereocenters. The SMILES string of the molecule is COC(=O)Nc1ccc(S(=O)(=O)N2CCCC(C(=O)N3CCN(C)CC3)C2)cc1. The van der Waals surface area contributed by atoms with E-state index in [1.807, 2.05) is 11.9 Å². The Hall–Kier alpha value is -2.17. The summed E-state index contributed by atoms with van der Waals surface area (Å²) in [6.07, 6.45) is 0.742. The normalized spacial score (nSPS) is 21.6. The molecular weight excluding hydrogens is 396 g/mol. The summed E-state index contributed by atoms with van der Waals surface area (Å²) in [5.74, 6) is -0.252. The van der Waals surface area contributed by atoms with Crippen LogP contribution in [0.15, 0.2) is 29.2 Å². The average Bonchev–Trinajstić information content (AvgIpc) is 2.74. The molecule has 0 aromatic heterocycles. The Labute approximate surface area is 171 Å². The van der Waals surface area contributed by atoms with Crippen LogP contribution in [-0.2, 0) is 19.6 Å². The molecule has 2 fully saturated rings. The second kappa shape index (κ2) is 9.10. The summed E-state index contributed by atoms with van der Waals surface area (Å²) < 4.78 is 32.0. The van der Waals surface area contributed by atoms with E-state index >= 15 is 0 Å². The number of hydrogen-bond acceptors (Lipinski definition) is 6. The average molecular weight is 425 g/mol. The van der Waals surface area contributed by atoms with E-state index < -0.39 is 16.1 Å². The molecule has 0 bridgehead atoms. The van der Waals surface area contributed by atoms with Crippen LogP contribution in [-0.4, -0.2) is 87.9 Å². The smallest absolute Gasteiger partial charge is 0.411 e. The van der Waals surface area contributed by atoms with Crippen LogP contribution in [0.4, 0.5) is 10.5 Å². The maximum absolute atomic E-state index is 13.0. The number of anilines is 1. The van der Waals surface area contributed by atoms with Crippen LogP contribution in [0.25, 0.3) is 0 Å². The lowest BCUT2D eigenvalue weighted by Crippen LogP contribution is -2.52. The zero-order valence-electron chi connectivity index (χ0n) is 16.8. The molecule has 2 heterocycles. The van der Waals surface area contributed by atoms with Gasteiger partial charge < -0.3 is 14.5 Å². The Morgan fingerprint density at radius 1 is 1.07 bits per heavy atom. The molecule has 2 aliphatic rings. The second-order valence-corrected chi connectivity index (χ2v) is 9.41. The molecule has 2 saturated heterocycles. The number of piperazine rings is 1. The van der Waals surface area contributed by atoms with Gasteiger partial charge >= 0.3 is 6.09 Å². The lowest BCUT2D eigenvalue weighted by molar-refractivity contribution is -0.138. The summed E-state index contributed by atoms with van der Waals surface area (Å²) >= 11 is 0. The highest BCUT2D eigenvalue weighted by Crippen LogP contribution is 2.26. The van der Waals surface area contributed by atoms with Crippen LogP contribution < -0.4 is 5.32 Å². The van der Waals surface area contributed by atoms with E-state index in [2.05, 4.69) is 15.0 Å². The number of rotatable bonds is 4. The van der Waals surface area contributed by atoms with Crippen LogP contribution in [0.2, 0.25) is 0 Å². The van der Waals surface area contributed by atoms with Crippen LogP contribution in [0.5, 0.6) is 0 Å². The monoisotopic (exact) mass is 424 g/mol. The lowest BCUT2D eigenvalue weighted by Gasteiger charge is -2.37. The predicted octanol–water partition coefficient (Wildman–Crippen LogP) is 1.04. The van der Waals surface area contributed by atoms with Crippen molar-refractivity contribution in [2.45, 2.75) is 17.7 Å². The summed E-state index contributed by atoms with van der Waals surface area (Å²) in [5.41, 5.74) is 0.442. The fraction of sp³-hybridized carbons (Fsp3) is 0.579. The zero-order chi connectivity index (χ0) is 21.0. The minimum Gasteiger partial charge on any atom is -0.453 e. The zero-order valence-corrected chi connectivity index (χ0v) is 17.7. The minimum atomic E-state index is -3.71. The van der Waals surface area contributed by atoms with Gasteiger partial charge in [0.2, 0.25) is 15.9 Å². The van der Waals surface area contributed by atoms with Gasteiger partial charge in [-0.3, -0.25) is 10.1 Å². The third-order valence-electron chi connectivity index (χ3n) is 5.47. The number of likely N-dealkylation sites (N-methyl/N-ethyl adjacent to an activating group) is 1. The van der Waals surface area contributed by atoms with Crippen molar-refractivity contribution in [1.29, 1.82) is 0 Å². The molecule has 0 aliphatic carbocycles. The molecule has 9 nitrogen and oxygen atoms in total. The van der Waals surface area contributed by atoms with Gasteiger partial charge in [-0.25, -0.2) is 13.2 Å².